The number of nitrogens with two attached hydrogens (primary N) is 2. The molecule has 0 saturated heterocycles. The Labute approximate surface area is 495 Å². The molecular weight excluding hydrogens is 1090 g/mol. The lowest BCUT2D eigenvalue weighted by Crippen LogP contribution is -2.35. The van der Waals surface area contributed by atoms with Gasteiger partial charge in [-0.1, -0.05) is 36.4 Å². The van der Waals surface area contributed by atoms with Gasteiger partial charge in [0, 0.05) is 19.3 Å². The topological polar surface area (TPSA) is 253 Å². The minimum Gasteiger partial charge on any atom is -0.497 e. The number of rotatable bonds is 23. The van der Waals surface area contributed by atoms with Crippen LogP contribution < -0.4 is 50.5 Å². The molecule has 6 N–H and O–H groups in total. The Bertz CT molecular complexity index is 3270. The zero-order valence-corrected chi connectivity index (χ0v) is 51.0. The number of carbonyl (C=O) groups is 3. The molecule has 2 saturated carbocycles. The minimum atomic E-state index is -1.55. The predicted molar refractivity (Wildman–Crippen MR) is 325 cm³/mol. The Morgan fingerprint density at radius 2 is 0.964 bits per heavy atom. The third kappa shape index (κ3) is 18.9. The highest BCUT2D eigenvalue weighted by molar-refractivity contribution is 7.84. The van der Waals surface area contributed by atoms with Gasteiger partial charge >= 0.3 is 18.0 Å². The van der Waals surface area contributed by atoms with Gasteiger partial charge in [0.2, 0.25) is 0 Å². The number of nitrogens with one attached hydrogen (secondary N) is 2. The maximum Gasteiger partial charge on any atom is 0.407 e. The van der Waals surface area contributed by atoms with Crippen molar-refractivity contribution in [1.82, 2.24) is 15.3 Å². The molecule has 2 fully saturated rings. The molecule has 20 heteroatoms. The van der Waals surface area contributed by atoms with E-state index in [1.54, 1.807) is 88.7 Å². The summed E-state index contributed by atoms with van der Waals surface area (Å²) in [4.78, 5) is 47.9. The molecule has 84 heavy (non-hydrogen) atoms. The molecule has 1 atom stereocenters. The molecule has 0 spiro atoms. The van der Waals surface area contributed by atoms with E-state index in [1.807, 2.05) is 84.9 Å². The first-order valence-corrected chi connectivity index (χ1v) is 29.5. The maximum absolute atomic E-state index is 13.3. The van der Waals surface area contributed by atoms with E-state index in [0.717, 1.165) is 48.3 Å². The van der Waals surface area contributed by atoms with Gasteiger partial charge in [0.05, 0.1) is 71.3 Å². The van der Waals surface area contributed by atoms with Gasteiger partial charge in [-0.15, -0.1) is 0 Å². The second-order valence-corrected chi connectivity index (χ2v) is 24.8. The van der Waals surface area contributed by atoms with Crippen molar-refractivity contribution < 1.29 is 61.2 Å². The molecule has 0 radical (unpaired) electrons. The smallest absolute Gasteiger partial charge is 0.407 e. The Hall–Kier alpha value is -8.26. The number of esters is 2. The number of pyridine rings is 2. The molecule has 1 unspecified atom stereocenters. The van der Waals surface area contributed by atoms with Crippen molar-refractivity contribution in [3.05, 3.63) is 119 Å². The van der Waals surface area contributed by atoms with Crippen molar-refractivity contribution in [3.8, 4) is 57.0 Å². The zero-order valence-electron chi connectivity index (χ0n) is 50.2. The molecule has 2 heterocycles. The lowest BCUT2D eigenvalue weighted by molar-refractivity contribution is 0.00560. The fourth-order valence-corrected chi connectivity index (χ4v) is 8.99. The van der Waals surface area contributed by atoms with E-state index < -0.39 is 45.6 Å². The average molecular weight is 1170 g/mol. The van der Waals surface area contributed by atoms with Crippen LogP contribution in [0.4, 0.5) is 22.1 Å². The van der Waals surface area contributed by atoms with E-state index >= 15 is 0 Å². The predicted octanol–water partition coefficient (Wildman–Crippen LogP) is 12.0. The number of anilines is 3. The number of amides is 1. The molecule has 450 valence electrons. The molecular formula is C64H80N6O13S. The van der Waals surface area contributed by atoms with Crippen LogP contribution >= 0.6 is 0 Å². The fourth-order valence-electron chi connectivity index (χ4n) is 8.24. The molecule has 2 aliphatic carbocycles. The summed E-state index contributed by atoms with van der Waals surface area (Å²) in [5.74, 6) is 3.40. The summed E-state index contributed by atoms with van der Waals surface area (Å²) >= 11 is 0. The van der Waals surface area contributed by atoms with Crippen LogP contribution in [0.3, 0.4) is 0 Å². The van der Waals surface area contributed by atoms with Crippen LogP contribution in [-0.4, -0.2) is 95.8 Å². The standard InChI is InChI=1S/C35H46N4O7.C29H34N2O6S/c1-34(2,3)45-32(40)30-25(37-17-18-38-33(41)46-35(4,5)6)19-26(39-31(30)36)29-27(43-20-22-11-12-22)9-8-10-28(29)44-21-23-13-15-24(42-7)16-14-23;1-29(2,3)37-28(32)26-24(38(5)33)15-21(31-27(26)30)25-22(35-16-18-9-10-18)7-6-8-23(25)36-17-19-11-13-20(34-4)14-12-19/h8-10,13-16,19,22H,11-12,17-18,20-21H2,1-7H3,(H,38,41)(H3,36,37,39);6-8,11-15,18H,9-10,16-17H2,1-5H3,(H2,30,31). The number of benzene rings is 4. The number of hydrogen-bond acceptors (Lipinski definition) is 18. The number of methoxy groups -OCH3 is 2. The first-order valence-electron chi connectivity index (χ1n) is 27.9. The average Bonchev–Trinajstić information content (AvgIpc) is 4.12. The first kappa shape index (κ1) is 63.3. The second kappa shape index (κ2) is 27.9. The quantitative estimate of drug-likeness (QED) is 0.0264. The number of carbonyl (C=O) groups excluding carboxylic acids is 3. The maximum atomic E-state index is 13.3. The van der Waals surface area contributed by atoms with Gasteiger partial charge in [0.1, 0.15) is 87.3 Å². The third-order valence-corrected chi connectivity index (χ3v) is 13.6. The fraction of sp³-hybridized carbons (Fsp3) is 0.422. The molecule has 4 aromatic carbocycles. The Kier molecular flexibility index (Phi) is 21.0. The zero-order chi connectivity index (χ0) is 60.9. The van der Waals surface area contributed by atoms with Gasteiger partial charge < -0.3 is 64.7 Å². The monoisotopic (exact) mass is 1170 g/mol. The minimum absolute atomic E-state index is 0.00147. The third-order valence-electron chi connectivity index (χ3n) is 12.6. The Morgan fingerprint density at radius 3 is 1.37 bits per heavy atom. The number of nitrogens with zero attached hydrogens (tertiary/aromatic N) is 2. The van der Waals surface area contributed by atoms with E-state index in [2.05, 4.69) is 20.6 Å². The molecule has 1 amide bonds. The van der Waals surface area contributed by atoms with Crippen LogP contribution in [0.15, 0.2) is 102 Å². The molecule has 6 aromatic rings. The number of ether oxygens (including phenoxy) is 9. The molecule has 0 aliphatic heterocycles. The van der Waals surface area contributed by atoms with Crippen LogP contribution in [0.25, 0.3) is 22.5 Å². The highest BCUT2D eigenvalue weighted by atomic mass is 32.2. The van der Waals surface area contributed by atoms with E-state index in [0.29, 0.717) is 82.9 Å². The van der Waals surface area contributed by atoms with E-state index in [9.17, 15) is 18.6 Å². The highest BCUT2D eigenvalue weighted by Crippen LogP contribution is 2.44. The van der Waals surface area contributed by atoms with Crippen LogP contribution in [0.5, 0.6) is 34.5 Å². The summed E-state index contributed by atoms with van der Waals surface area (Å²) in [6, 6.07) is 29.7. The first-order chi connectivity index (χ1) is 39.8. The molecule has 19 nitrogen and oxygen atoms in total. The van der Waals surface area contributed by atoms with Gasteiger partial charge in [-0.25, -0.2) is 24.4 Å². The molecule has 0 bridgehead atoms. The number of nitrogen functional groups attached to an aromatic ring is 2. The van der Waals surface area contributed by atoms with Crippen molar-refractivity contribution in [2.75, 3.05) is 63.6 Å². The van der Waals surface area contributed by atoms with Crippen molar-refractivity contribution in [3.63, 3.8) is 0 Å². The van der Waals surface area contributed by atoms with E-state index in [1.165, 1.54) is 6.26 Å². The van der Waals surface area contributed by atoms with Crippen molar-refractivity contribution in [1.29, 1.82) is 0 Å². The van der Waals surface area contributed by atoms with Crippen molar-refractivity contribution in [2.45, 2.75) is 123 Å². The molecule has 2 aliphatic rings. The van der Waals surface area contributed by atoms with E-state index in [4.69, 9.17) is 54.1 Å². The largest absolute Gasteiger partial charge is 0.497 e. The highest BCUT2D eigenvalue weighted by Gasteiger charge is 2.31. The number of hydrogen-bond donors (Lipinski definition) is 4. The summed E-state index contributed by atoms with van der Waals surface area (Å²) in [7, 11) is 1.69. The lowest BCUT2D eigenvalue weighted by atomic mass is 10.0. The van der Waals surface area contributed by atoms with Crippen LogP contribution in [0, 0.1) is 11.8 Å². The molecule has 8 rings (SSSR count). The van der Waals surface area contributed by atoms with Gasteiger partial charge in [-0.2, -0.15) is 0 Å². The van der Waals surface area contributed by atoms with Gasteiger partial charge in [0.15, 0.2) is 0 Å². The summed E-state index contributed by atoms with van der Waals surface area (Å²) in [5, 5.41) is 5.95. The van der Waals surface area contributed by atoms with Crippen molar-refractivity contribution >= 4 is 46.2 Å². The summed E-state index contributed by atoms with van der Waals surface area (Å²) in [6.45, 7) is 18.2. The summed E-state index contributed by atoms with van der Waals surface area (Å²) in [5.41, 5.74) is 15.1. The van der Waals surface area contributed by atoms with E-state index in [-0.39, 0.29) is 47.4 Å². The van der Waals surface area contributed by atoms with Crippen LogP contribution in [-0.2, 0) is 38.2 Å². The number of alkyl carbamates (subject to hydrolysis) is 1. The summed E-state index contributed by atoms with van der Waals surface area (Å²) in [6.07, 6.45) is 5.48. The Morgan fingerprint density at radius 1 is 0.560 bits per heavy atom. The molecule has 2 aromatic heterocycles. The van der Waals surface area contributed by atoms with Gasteiger partial charge in [0.25, 0.3) is 0 Å². The van der Waals surface area contributed by atoms with Crippen molar-refractivity contribution in [2.24, 2.45) is 11.8 Å². The van der Waals surface area contributed by atoms with Gasteiger partial charge in [-0.3, -0.25) is 4.21 Å². The SMILES string of the molecule is COc1ccc(COc2cccc(OCC3CC3)c2-c2cc(NCCNC(=O)OC(C)(C)C)c(C(=O)OC(C)(C)C)c(N)n2)cc1.COc1ccc(COc2cccc(OCC3CC3)c2-c2cc(S(C)=O)c(C(=O)OC(C)(C)C)c(N)n2)cc1. The second-order valence-electron chi connectivity index (χ2n) is 23.4. The Balaban J connectivity index is 0.000000245. The lowest BCUT2D eigenvalue weighted by Gasteiger charge is -2.23. The van der Waals surface area contributed by atoms with Crippen LogP contribution in [0.1, 0.15) is 120 Å². The number of aromatic nitrogens is 2. The summed E-state index contributed by atoms with van der Waals surface area (Å²) < 4.78 is 64.8. The van der Waals surface area contributed by atoms with Gasteiger partial charge in [-0.05, 0) is 172 Å². The van der Waals surface area contributed by atoms with Crippen LogP contribution in [0.2, 0.25) is 0 Å². The normalized spacial score (nSPS) is 13.5.